The summed E-state index contributed by atoms with van der Waals surface area (Å²) in [5, 5.41) is 33.1. The Balaban J connectivity index is 3.67. The summed E-state index contributed by atoms with van der Waals surface area (Å²) in [6.07, 6.45) is 43.1. The van der Waals surface area contributed by atoms with Gasteiger partial charge in [-0.15, -0.1) is 0 Å². The molecular weight excluding hydrogens is 570 g/mol. The van der Waals surface area contributed by atoms with E-state index in [-0.39, 0.29) is 18.9 Å². The van der Waals surface area contributed by atoms with E-state index in [0.717, 1.165) is 32.1 Å². The first-order chi connectivity index (χ1) is 22.5. The van der Waals surface area contributed by atoms with Crippen molar-refractivity contribution in [3.8, 4) is 0 Å². The minimum absolute atomic E-state index is 0.00931. The van der Waals surface area contributed by atoms with Gasteiger partial charge in [-0.05, 0) is 32.1 Å². The lowest BCUT2D eigenvalue weighted by Gasteiger charge is -2.21. The molecule has 4 N–H and O–H groups in total. The Morgan fingerprint density at radius 2 is 0.935 bits per heavy atom. The van der Waals surface area contributed by atoms with Gasteiger partial charge in [0.15, 0.2) is 0 Å². The zero-order valence-corrected chi connectivity index (χ0v) is 30.7. The minimum atomic E-state index is -0.946. The van der Waals surface area contributed by atoms with Crippen molar-refractivity contribution in [2.45, 2.75) is 225 Å². The van der Waals surface area contributed by atoms with Crippen LogP contribution in [0.5, 0.6) is 0 Å². The molecule has 0 aliphatic heterocycles. The molecular formula is C41H79NO4. The highest BCUT2D eigenvalue weighted by Gasteiger charge is 2.20. The van der Waals surface area contributed by atoms with E-state index in [1.807, 2.05) is 6.08 Å². The number of hydrogen-bond acceptors (Lipinski definition) is 4. The van der Waals surface area contributed by atoms with Gasteiger partial charge in [0.1, 0.15) is 0 Å². The quantitative estimate of drug-likeness (QED) is 0.0401. The maximum atomic E-state index is 12.4. The SMILES string of the molecule is CCCCCCCC/C=C/CC/C=C/C(O)C(CO)NC(=O)CC(O)CCCCCCCCCCCCCCCCCCCCC. The van der Waals surface area contributed by atoms with Crippen LogP contribution in [-0.2, 0) is 4.79 Å². The van der Waals surface area contributed by atoms with Gasteiger partial charge in [0.2, 0.25) is 5.91 Å². The van der Waals surface area contributed by atoms with Gasteiger partial charge in [-0.3, -0.25) is 4.79 Å². The molecule has 0 rings (SSSR count). The molecule has 272 valence electrons. The third-order valence-corrected chi connectivity index (χ3v) is 9.24. The minimum Gasteiger partial charge on any atom is -0.394 e. The van der Waals surface area contributed by atoms with Crippen LogP contribution in [0.4, 0.5) is 0 Å². The van der Waals surface area contributed by atoms with Crippen molar-refractivity contribution in [3.05, 3.63) is 24.3 Å². The number of unbranched alkanes of at least 4 members (excludes halogenated alkanes) is 25. The monoisotopic (exact) mass is 650 g/mol. The van der Waals surface area contributed by atoms with Gasteiger partial charge in [-0.1, -0.05) is 192 Å². The molecule has 0 radical (unpaired) electrons. The van der Waals surface area contributed by atoms with E-state index in [2.05, 4.69) is 31.3 Å². The highest BCUT2D eigenvalue weighted by atomic mass is 16.3. The highest BCUT2D eigenvalue weighted by Crippen LogP contribution is 2.16. The molecule has 3 unspecified atom stereocenters. The second-order valence-electron chi connectivity index (χ2n) is 13.9. The predicted molar refractivity (Wildman–Crippen MR) is 199 cm³/mol. The molecule has 0 aromatic carbocycles. The summed E-state index contributed by atoms with van der Waals surface area (Å²) in [6.45, 7) is 4.18. The lowest BCUT2D eigenvalue weighted by Crippen LogP contribution is -2.45. The van der Waals surface area contributed by atoms with Crippen LogP contribution in [0.2, 0.25) is 0 Å². The summed E-state index contributed by atoms with van der Waals surface area (Å²) < 4.78 is 0. The maximum absolute atomic E-state index is 12.4. The first-order valence-corrected chi connectivity index (χ1v) is 20.1. The van der Waals surface area contributed by atoms with Crippen LogP contribution in [0.15, 0.2) is 24.3 Å². The molecule has 5 heteroatoms. The number of aliphatic hydroxyl groups excluding tert-OH is 3. The number of rotatable bonds is 36. The average molecular weight is 650 g/mol. The van der Waals surface area contributed by atoms with Gasteiger partial charge in [0, 0.05) is 0 Å². The van der Waals surface area contributed by atoms with E-state index in [1.54, 1.807) is 6.08 Å². The first-order valence-electron chi connectivity index (χ1n) is 20.1. The molecule has 5 nitrogen and oxygen atoms in total. The normalized spacial score (nSPS) is 13.9. The highest BCUT2D eigenvalue weighted by molar-refractivity contribution is 5.76. The summed E-state index contributed by atoms with van der Waals surface area (Å²) in [7, 11) is 0. The Kier molecular flexibility index (Phi) is 35.7. The molecule has 0 heterocycles. The van der Waals surface area contributed by atoms with Gasteiger partial charge in [-0.2, -0.15) is 0 Å². The van der Waals surface area contributed by atoms with Crippen LogP contribution < -0.4 is 5.32 Å². The molecule has 0 aliphatic carbocycles. The van der Waals surface area contributed by atoms with Gasteiger partial charge >= 0.3 is 0 Å². The van der Waals surface area contributed by atoms with Crippen molar-refractivity contribution >= 4 is 5.91 Å². The second-order valence-corrected chi connectivity index (χ2v) is 13.9. The van der Waals surface area contributed by atoms with Crippen molar-refractivity contribution in [2.75, 3.05) is 6.61 Å². The fourth-order valence-electron chi connectivity index (χ4n) is 6.12. The Hall–Kier alpha value is -1.17. The van der Waals surface area contributed by atoms with E-state index in [4.69, 9.17) is 0 Å². The van der Waals surface area contributed by atoms with Crippen LogP contribution in [0.1, 0.15) is 206 Å². The molecule has 46 heavy (non-hydrogen) atoms. The summed E-state index contributed by atoms with van der Waals surface area (Å²) in [5.74, 6) is -0.325. The Bertz CT molecular complexity index is 679. The van der Waals surface area contributed by atoms with E-state index < -0.39 is 18.2 Å². The number of amides is 1. The van der Waals surface area contributed by atoms with Crippen LogP contribution >= 0.6 is 0 Å². The van der Waals surface area contributed by atoms with Crippen LogP contribution in [-0.4, -0.2) is 46.1 Å². The second kappa shape index (κ2) is 36.7. The summed E-state index contributed by atoms with van der Waals surface area (Å²) in [5.41, 5.74) is 0. The van der Waals surface area contributed by atoms with Crippen molar-refractivity contribution in [1.29, 1.82) is 0 Å². The zero-order valence-electron chi connectivity index (χ0n) is 30.7. The molecule has 0 aliphatic rings. The fraction of sp³-hybridized carbons (Fsp3) is 0.878. The zero-order chi connectivity index (χ0) is 33.8. The third-order valence-electron chi connectivity index (χ3n) is 9.24. The largest absolute Gasteiger partial charge is 0.394 e. The molecule has 0 fully saturated rings. The van der Waals surface area contributed by atoms with Crippen molar-refractivity contribution in [3.63, 3.8) is 0 Å². The van der Waals surface area contributed by atoms with Crippen LogP contribution in [0, 0.1) is 0 Å². The fourth-order valence-corrected chi connectivity index (χ4v) is 6.12. The number of nitrogens with one attached hydrogen (secondary N) is 1. The van der Waals surface area contributed by atoms with Gasteiger partial charge in [0.25, 0.3) is 0 Å². The summed E-state index contributed by atoms with van der Waals surface area (Å²) in [4.78, 5) is 12.4. The molecule has 1 amide bonds. The number of carbonyl (C=O) groups excluding carboxylic acids is 1. The number of hydrogen-bond donors (Lipinski definition) is 4. The van der Waals surface area contributed by atoms with E-state index in [9.17, 15) is 20.1 Å². The number of aliphatic hydroxyl groups is 3. The number of allylic oxidation sites excluding steroid dienone is 3. The molecule has 0 bridgehead atoms. The summed E-state index contributed by atoms with van der Waals surface area (Å²) >= 11 is 0. The summed E-state index contributed by atoms with van der Waals surface area (Å²) in [6, 6.07) is -0.755. The van der Waals surface area contributed by atoms with E-state index in [1.165, 1.54) is 148 Å². The van der Waals surface area contributed by atoms with Gasteiger partial charge in [-0.25, -0.2) is 0 Å². The lowest BCUT2D eigenvalue weighted by atomic mass is 10.0. The maximum Gasteiger partial charge on any atom is 0.222 e. The van der Waals surface area contributed by atoms with E-state index >= 15 is 0 Å². The predicted octanol–water partition coefficient (Wildman–Crippen LogP) is 11.0. The third kappa shape index (κ3) is 32.8. The molecule has 0 aromatic rings. The topological polar surface area (TPSA) is 89.8 Å². The molecule has 0 saturated heterocycles. The Morgan fingerprint density at radius 3 is 1.39 bits per heavy atom. The Labute approximate surface area is 286 Å². The first kappa shape index (κ1) is 44.8. The molecule has 3 atom stereocenters. The van der Waals surface area contributed by atoms with Crippen LogP contribution in [0.25, 0.3) is 0 Å². The van der Waals surface area contributed by atoms with Crippen molar-refractivity contribution in [1.82, 2.24) is 5.32 Å². The van der Waals surface area contributed by atoms with Gasteiger partial charge in [0.05, 0.1) is 31.3 Å². The van der Waals surface area contributed by atoms with E-state index in [0.29, 0.717) is 6.42 Å². The Morgan fingerprint density at radius 1 is 0.543 bits per heavy atom. The van der Waals surface area contributed by atoms with Gasteiger partial charge < -0.3 is 20.6 Å². The van der Waals surface area contributed by atoms with Crippen LogP contribution in [0.3, 0.4) is 0 Å². The van der Waals surface area contributed by atoms with Crippen molar-refractivity contribution in [2.24, 2.45) is 0 Å². The van der Waals surface area contributed by atoms with Crippen molar-refractivity contribution < 1.29 is 20.1 Å². The standard InChI is InChI=1S/C41H79NO4/c1-3-5-7-9-11-13-15-17-18-19-20-21-22-23-24-26-28-30-32-34-38(44)36-41(46)42-39(37-43)40(45)35-33-31-29-27-25-16-14-12-10-8-6-4-2/h25,27,33,35,38-40,43-45H,3-24,26,28-32,34,36-37H2,1-2H3,(H,42,46)/b27-25+,35-33+. The average Bonchev–Trinajstić information content (AvgIpc) is 3.05. The molecule has 0 spiro atoms. The lowest BCUT2D eigenvalue weighted by molar-refractivity contribution is -0.124. The molecule has 0 aromatic heterocycles. The molecule has 0 saturated carbocycles. The smallest absolute Gasteiger partial charge is 0.222 e. The number of carbonyl (C=O) groups is 1.